The zero-order valence-corrected chi connectivity index (χ0v) is 20.6. The van der Waals surface area contributed by atoms with Crippen molar-refractivity contribution in [1.82, 2.24) is 9.97 Å². The third kappa shape index (κ3) is 4.75. The molecule has 0 radical (unpaired) electrons. The molecule has 0 spiro atoms. The van der Waals surface area contributed by atoms with Crippen LogP contribution in [-0.4, -0.2) is 43.4 Å². The highest BCUT2D eigenvalue weighted by Crippen LogP contribution is 2.43. The number of H-pyrrole nitrogens is 1. The number of hydrogen-bond acceptors (Lipinski definition) is 7. The minimum absolute atomic E-state index is 0.131. The SMILES string of the molecule is COc1ccncc1CNc1ccc2c(c1)Cc1cccc(-c3cc(N4CCOCC4)cc(=O)[nH]3)c1O2. The van der Waals surface area contributed by atoms with E-state index in [1.54, 1.807) is 19.4 Å². The molecule has 6 rings (SSSR count). The summed E-state index contributed by atoms with van der Waals surface area (Å²) < 4.78 is 17.3. The number of benzene rings is 2. The number of nitrogens with one attached hydrogen (secondary N) is 2. The Labute approximate surface area is 214 Å². The highest BCUT2D eigenvalue weighted by Gasteiger charge is 2.22. The van der Waals surface area contributed by atoms with Gasteiger partial charge in [-0.3, -0.25) is 9.78 Å². The van der Waals surface area contributed by atoms with Crippen molar-refractivity contribution in [2.75, 3.05) is 43.6 Å². The van der Waals surface area contributed by atoms with Crippen LogP contribution < -0.4 is 25.2 Å². The number of pyridine rings is 2. The smallest absolute Gasteiger partial charge is 0.250 e. The number of fused-ring (bicyclic) bond motifs is 2. The second kappa shape index (κ2) is 9.99. The lowest BCUT2D eigenvalue weighted by atomic mass is 9.96. The van der Waals surface area contributed by atoms with Gasteiger partial charge >= 0.3 is 0 Å². The minimum Gasteiger partial charge on any atom is -0.496 e. The van der Waals surface area contributed by atoms with Crippen molar-refractivity contribution in [3.63, 3.8) is 0 Å². The van der Waals surface area contributed by atoms with Gasteiger partial charge in [-0.15, -0.1) is 0 Å². The highest BCUT2D eigenvalue weighted by atomic mass is 16.5. The molecule has 2 aliphatic rings. The molecule has 2 N–H and O–H groups in total. The maximum atomic E-state index is 12.6. The summed E-state index contributed by atoms with van der Waals surface area (Å²) in [7, 11) is 1.66. The van der Waals surface area contributed by atoms with Gasteiger partial charge in [-0.2, -0.15) is 0 Å². The highest BCUT2D eigenvalue weighted by molar-refractivity contribution is 5.74. The molecule has 8 nitrogen and oxygen atoms in total. The third-order valence-electron chi connectivity index (χ3n) is 6.81. The molecule has 4 aromatic rings. The normalized spacial score (nSPS) is 14.4. The van der Waals surface area contributed by atoms with E-state index in [1.807, 2.05) is 42.6 Å². The van der Waals surface area contributed by atoms with Gasteiger partial charge in [0.25, 0.3) is 0 Å². The molecule has 4 heterocycles. The zero-order valence-electron chi connectivity index (χ0n) is 20.6. The first-order chi connectivity index (χ1) is 18.2. The molecule has 0 amide bonds. The summed E-state index contributed by atoms with van der Waals surface area (Å²) in [6.07, 6.45) is 4.26. The summed E-state index contributed by atoms with van der Waals surface area (Å²) in [5, 5.41) is 3.46. The van der Waals surface area contributed by atoms with E-state index in [4.69, 9.17) is 14.2 Å². The van der Waals surface area contributed by atoms with Crippen LogP contribution >= 0.6 is 0 Å². The largest absolute Gasteiger partial charge is 0.496 e. The summed E-state index contributed by atoms with van der Waals surface area (Å²) in [5.41, 5.74) is 6.56. The molecular formula is C29H28N4O4. The number of morpholine rings is 1. The second-order valence-corrected chi connectivity index (χ2v) is 9.15. The van der Waals surface area contributed by atoms with Crippen molar-refractivity contribution in [3.05, 3.63) is 94.0 Å². The van der Waals surface area contributed by atoms with Crippen molar-refractivity contribution in [2.45, 2.75) is 13.0 Å². The zero-order chi connectivity index (χ0) is 25.2. The van der Waals surface area contributed by atoms with Gasteiger partial charge in [-0.25, -0.2) is 0 Å². The quantitative estimate of drug-likeness (QED) is 0.355. The Morgan fingerprint density at radius 2 is 1.97 bits per heavy atom. The summed E-state index contributed by atoms with van der Waals surface area (Å²) in [6.45, 7) is 3.46. The number of hydrogen-bond donors (Lipinski definition) is 2. The Morgan fingerprint density at radius 3 is 2.84 bits per heavy atom. The molecule has 0 atom stereocenters. The fourth-order valence-electron chi connectivity index (χ4n) is 4.92. The molecule has 2 aromatic heterocycles. The van der Waals surface area contributed by atoms with Crippen LogP contribution in [0.1, 0.15) is 16.7 Å². The fourth-order valence-corrected chi connectivity index (χ4v) is 4.92. The van der Waals surface area contributed by atoms with Crippen LogP contribution in [-0.2, 0) is 17.7 Å². The molecule has 2 aromatic carbocycles. The average Bonchev–Trinajstić information content (AvgIpc) is 2.95. The van der Waals surface area contributed by atoms with Crippen molar-refractivity contribution < 1.29 is 14.2 Å². The van der Waals surface area contributed by atoms with Gasteiger partial charge in [0, 0.05) is 72.6 Å². The molecule has 2 aliphatic heterocycles. The molecule has 0 saturated carbocycles. The van der Waals surface area contributed by atoms with E-state index in [1.165, 1.54) is 0 Å². The molecule has 0 unspecified atom stereocenters. The number of aromatic amines is 1. The Kier molecular flexibility index (Phi) is 6.24. The van der Waals surface area contributed by atoms with E-state index < -0.39 is 0 Å². The number of aromatic nitrogens is 2. The topological polar surface area (TPSA) is 88.7 Å². The first-order valence-electron chi connectivity index (χ1n) is 12.4. The van der Waals surface area contributed by atoms with Gasteiger partial charge in [-0.05, 0) is 42.0 Å². The molecule has 37 heavy (non-hydrogen) atoms. The van der Waals surface area contributed by atoms with E-state index in [0.717, 1.165) is 76.1 Å². The van der Waals surface area contributed by atoms with Gasteiger partial charge < -0.3 is 29.4 Å². The van der Waals surface area contributed by atoms with Crippen LogP contribution in [0.4, 0.5) is 11.4 Å². The Balaban J connectivity index is 1.26. The Hall–Kier alpha value is -4.30. The number of nitrogens with zero attached hydrogens (tertiary/aromatic N) is 2. The molecule has 0 aliphatic carbocycles. The van der Waals surface area contributed by atoms with Crippen LogP contribution in [0.25, 0.3) is 11.3 Å². The number of rotatable bonds is 6. The summed E-state index contributed by atoms with van der Waals surface area (Å²) >= 11 is 0. The minimum atomic E-state index is -0.131. The second-order valence-electron chi connectivity index (χ2n) is 9.15. The van der Waals surface area contributed by atoms with Crippen LogP contribution in [0.2, 0.25) is 0 Å². The van der Waals surface area contributed by atoms with E-state index in [-0.39, 0.29) is 5.56 Å². The van der Waals surface area contributed by atoms with E-state index in [0.29, 0.717) is 19.8 Å². The van der Waals surface area contributed by atoms with E-state index in [2.05, 4.69) is 32.3 Å². The average molecular weight is 497 g/mol. The lowest BCUT2D eigenvalue weighted by Gasteiger charge is -2.29. The molecule has 8 heteroatoms. The summed E-state index contributed by atoms with van der Waals surface area (Å²) in [6, 6.07) is 17.7. The predicted molar refractivity (Wildman–Crippen MR) is 143 cm³/mol. The van der Waals surface area contributed by atoms with Crippen molar-refractivity contribution >= 4 is 11.4 Å². The summed E-state index contributed by atoms with van der Waals surface area (Å²) in [5.74, 6) is 2.41. The summed E-state index contributed by atoms with van der Waals surface area (Å²) in [4.78, 5) is 22.0. The molecule has 188 valence electrons. The van der Waals surface area contributed by atoms with Crippen LogP contribution in [0.5, 0.6) is 17.2 Å². The van der Waals surface area contributed by atoms with Crippen molar-refractivity contribution in [3.8, 4) is 28.5 Å². The van der Waals surface area contributed by atoms with E-state index in [9.17, 15) is 4.79 Å². The lowest BCUT2D eigenvalue weighted by Crippen LogP contribution is -2.36. The number of anilines is 2. The maximum Gasteiger partial charge on any atom is 0.250 e. The van der Waals surface area contributed by atoms with Gasteiger partial charge in [0.05, 0.1) is 26.0 Å². The van der Waals surface area contributed by atoms with E-state index >= 15 is 0 Å². The number of ether oxygens (including phenoxy) is 3. The van der Waals surface area contributed by atoms with Gasteiger partial charge in [0.15, 0.2) is 0 Å². The maximum absolute atomic E-state index is 12.6. The van der Waals surface area contributed by atoms with Gasteiger partial charge in [-0.1, -0.05) is 12.1 Å². The molecule has 1 saturated heterocycles. The molecule has 1 fully saturated rings. The lowest BCUT2D eigenvalue weighted by molar-refractivity contribution is 0.122. The first kappa shape index (κ1) is 23.1. The Morgan fingerprint density at radius 1 is 1.08 bits per heavy atom. The molecular weight excluding hydrogens is 468 g/mol. The number of para-hydroxylation sites is 1. The fraction of sp³-hybridized carbons (Fsp3) is 0.241. The van der Waals surface area contributed by atoms with Crippen LogP contribution in [0, 0.1) is 0 Å². The van der Waals surface area contributed by atoms with Crippen molar-refractivity contribution in [1.29, 1.82) is 0 Å². The molecule has 0 bridgehead atoms. The van der Waals surface area contributed by atoms with Crippen LogP contribution in [0.15, 0.2) is 71.8 Å². The number of methoxy groups -OCH3 is 1. The van der Waals surface area contributed by atoms with Gasteiger partial charge in [0.2, 0.25) is 5.56 Å². The third-order valence-corrected chi connectivity index (χ3v) is 6.81. The van der Waals surface area contributed by atoms with Crippen molar-refractivity contribution in [2.24, 2.45) is 0 Å². The Bertz CT molecular complexity index is 1490. The van der Waals surface area contributed by atoms with Gasteiger partial charge in [0.1, 0.15) is 17.2 Å². The first-order valence-corrected chi connectivity index (χ1v) is 12.4. The predicted octanol–water partition coefficient (Wildman–Crippen LogP) is 4.59. The van der Waals surface area contributed by atoms with Crippen LogP contribution in [0.3, 0.4) is 0 Å². The standard InChI is InChI=1S/C29H28N4O4/c1-35-26-7-8-30-17-21(26)18-31-22-5-6-27-20(14-22)13-19-3-2-4-24(29(19)37-27)25-15-23(16-28(34)32-25)33-9-11-36-12-10-33/h2-8,14-17,31H,9-13,18H2,1H3,(H,32,34). The monoisotopic (exact) mass is 496 g/mol.